The molecule has 4 rings (SSSR count). The third-order valence-electron chi connectivity index (χ3n) is 6.20. The summed E-state index contributed by atoms with van der Waals surface area (Å²) in [6.07, 6.45) is 3.66. The maximum Gasteiger partial charge on any atom is 0.358 e. The van der Waals surface area contributed by atoms with Crippen molar-refractivity contribution in [3.8, 4) is 0 Å². The highest BCUT2D eigenvalue weighted by Crippen LogP contribution is 2.52. The molecule has 1 aromatic heterocycles. The third kappa shape index (κ3) is 3.83. The van der Waals surface area contributed by atoms with Crippen LogP contribution in [0.15, 0.2) is 23.0 Å². The number of imidazole rings is 1. The molecule has 0 unspecified atom stereocenters. The van der Waals surface area contributed by atoms with Crippen molar-refractivity contribution in [2.75, 3.05) is 6.79 Å². The van der Waals surface area contributed by atoms with E-state index < -0.39 is 36.2 Å². The Hall–Kier alpha value is -2.33. The molecule has 4 heterocycles. The number of hydrogen-bond donors (Lipinski definition) is 1. The predicted molar refractivity (Wildman–Crippen MR) is 116 cm³/mol. The summed E-state index contributed by atoms with van der Waals surface area (Å²) in [6.45, 7) is 8.93. The van der Waals surface area contributed by atoms with Crippen molar-refractivity contribution in [1.29, 1.82) is 0 Å². The van der Waals surface area contributed by atoms with Crippen LogP contribution in [0.2, 0.25) is 0 Å². The van der Waals surface area contributed by atoms with Gasteiger partial charge in [-0.1, -0.05) is 6.92 Å². The summed E-state index contributed by atoms with van der Waals surface area (Å²) in [5, 5.41) is 10.3. The van der Waals surface area contributed by atoms with Gasteiger partial charge in [0, 0.05) is 41.4 Å². The van der Waals surface area contributed by atoms with Gasteiger partial charge in [-0.2, -0.15) is 0 Å². The summed E-state index contributed by atoms with van der Waals surface area (Å²) < 4.78 is 12.4. The second kappa shape index (κ2) is 8.22. The first-order valence-electron chi connectivity index (χ1n) is 10.8. The Morgan fingerprint density at radius 3 is 2.69 bits per heavy atom. The fraction of sp³-hybridized carbons (Fsp3) is 0.636. The lowest BCUT2D eigenvalue weighted by Gasteiger charge is -2.46. The van der Waals surface area contributed by atoms with E-state index in [1.54, 1.807) is 45.7 Å². The minimum absolute atomic E-state index is 0.120. The fourth-order valence-corrected chi connectivity index (χ4v) is 6.01. The van der Waals surface area contributed by atoms with Crippen LogP contribution in [0.5, 0.6) is 0 Å². The molecule has 0 radical (unpaired) electrons. The Kier molecular flexibility index (Phi) is 5.87. The van der Waals surface area contributed by atoms with Gasteiger partial charge >= 0.3 is 11.9 Å². The van der Waals surface area contributed by atoms with Crippen LogP contribution >= 0.6 is 11.8 Å². The molecule has 0 aromatic carbocycles. The summed E-state index contributed by atoms with van der Waals surface area (Å²) in [7, 11) is 0. The van der Waals surface area contributed by atoms with Crippen LogP contribution in [0.1, 0.15) is 40.4 Å². The molecule has 1 aromatic rings. The molecular weight excluding hydrogens is 434 g/mol. The minimum Gasteiger partial charge on any atom is -0.427 e. The number of esters is 2. The number of fused-ring (bicyclic) bond motifs is 2. The molecule has 0 spiro atoms. The molecule has 10 heteroatoms. The highest BCUT2D eigenvalue weighted by Gasteiger charge is 2.60. The zero-order valence-electron chi connectivity index (χ0n) is 18.9. The summed E-state index contributed by atoms with van der Waals surface area (Å²) in [5.41, 5.74) is -0.518. The zero-order valence-corrected chi connectivity index (χ0v) is 19.7. The highest BCUT2D eigenvalue weighted by molar-refractivity contribution is 8.03. The predicted octanol–water partition coefficient (Wildman–Crippen LogP) is 1.70. The van der Waals surface area contributed by atoms with Gasteiger partial charge in [-0.15, -0.1) is 11.8 Å². The van der Waals surface area contributed by atoms with Gasteiger partial charge in [0.1, 0.15) is 11.5 Å². The second-order valence-electron chi connectivity index (χ2n) is 9.64. The average Bonchev–Trinajstić information content (AvgIpc) is 3.33. The van der Waals surface area contributed by atoms with Crippen LogP contribution in [-0.2, 0) is 36.8 Å². The van der Waals surface area contributed by atoms with Crippen molar-refractivity contribution in [2.24, 2.45) is 17.3 Å². The van der Waals surface area contributed by atoms with Crippen LogP contribution in [0, 0.1) is 17.3 Å². The Morgan fingerprint density at radius 1 is 1.34 bits per heavy atom. The molecule has 3 aliphatic heterocycles. The van der Waals surface area contributed by atoms with Gasteiger partial charge in [0.2, 0.25) is 12.7 Å². The molecule has 5 atom stereocenters. The van der Waals surface area contributed by atoms with Crippen molar-refractivity contribution in [3.63, 3.8) is 0 Å². The number of thioether (sulfide) groups is 1. The Morgan fingerprint density at radius 2 is 2.06 bits per heavy atom. The maximum absolute atomic E-state index is 13.0. The van der Waals surface area contributed by atoms with Gasteiger partial charge in [0.25, 0.3) is 0 Å². The number of ether oxygens (including phenoxy) is 2. The molecule has 1 fully saturated rings. The molecule has 9 nitrogen and oxygen atoms in total. The summed E-state index contributed by atoms with van der Waals surface area (Å²) in [4.78, 5) is 44.4. The smallest absolute Gasteiger partial charge is 0.358 e. The SMILES string of the molecule is C[C@@H](O)[C@H]1C(=O)N2C(C(=O)OCOC(=O)C(C)(C)C)=C(S[C@H]3Cc4nccn4C3)[C@H](C)[C@@H]12. The first-order valence-corrected chi connectivity index (χ1v) is 11.6. The second-order valence-corrected chi connectivity index (χ2v) is 11.0. The zero-order chi connectivity index (χ0) is 23.4. The maximum atomic E-state index is 13.0. The fourth-order valence-electron chi connectivity index (χ4n) is 4.53. The van der Waals surface area contributed by atoms with Crippen LogP contribution in [0.4, 0.5) is 0 Å². The molecule has 174 valence electrons. The Bertz CT molecular complexity index is 958. The number of aliphatic hydroxyl groups is 1. The van der Waals surface area contributed by atoms with Crippen LogP contribution in [0.25, 0.3) is 0 Å². The van der Waals surface area contributed by atoms with E-state index in [0.29, 0.717) is 0 Å². The number of hydrogen-bond acceptors (Lipinski definition) is 8. The first kappa shape index (κ1) is 22.8. The average molecular weight is 464 g/mol. The van der Waals surface area contributed by atoms with E-state index in [2.05, 4.69) is 9.55 Å². The van der Waals surface area contributed by atoms with E-state index in [1.165, 1.54) is 4.90 Å². The summed E-state index contributed by atoms with van der Waals surface area (Å²) >= 11 is 1.56. The molecule has 0 bridgehead atoms. The standard InChI is InChI=1S/C22H29N3O6S/c1-11-16-15(12(2)26)19(27)25(16)17(20(28)30-10-31-21(29)22(3,4)5)18(11)32-13-8-14-23-6-7-24(14)9-13/h6-7,11-13,15-16,26H,8-10H2,1-5H3/t11-,12-,13+,15-,16+/m1/s1. The minimum atomic E-state index is -0.808. The molecule has 3 aliphatic rings. The van der Waals surface area contributed by atoms with Gasteiger partial charge in [0.05, 0.1) is 23.5 Å². The lowest BCUT2D eigenvalue weighted by atomic mass is 9.79. The van der Waals surface area contributed by atoms with E-state index in [1.807, 2.05) is 13.1 Å². The van der Waals surface area contributed by atoms with E-state index in [-0.39, 0.29) is 28.8 Å². The topological polar surface area (TPSA) is 111 Å². The highest BCUT2D eigenvalue weighted by atomic mass is 32.2. The van der Waals surface area contributed by atoms with E-state index >= 15 is 0 Å². The van der Waals surface area contributed by atoms with Crippen molar-refractivity contribution < 1.29 is 29.0 Å². The third-order valence-corrected chi connectivity index (χ3v) is 7.67. The van der Waals surface area contributed by atoms with Gasteiger partial charge in [-0.05, 0) is 27.7 Å². The van der Waals surface area contributed by atoms with Gasteiger partial charge in [-0.3, -0.25) is 9.59 Å². The van der Waals surface area contributed by atoms with Crippen molar-refractivity contribution in [3.05, 3.63) is 28.8 Å². The van der Waals surface area contributed by atoms with Crippen LogP contribution in [-0.4, -0.2) is 61.6 Å². The molecular formula is C22H29N3O6S. The number of amides is 1. The molecule has 0 saturated carbocycles. The number of β-lactam (4-membered cyclic amide) rings is 1. The van der Waals surface area contributed by atoms with E-state index in [9.17, 15) is 19.5 Å². The Balaban J connectivity index is 1.53. The van der Waals surface area contributed by atoms with Gasteiger partial charge in [0.15, 0.2) is 0 Å². The molecule has 1 saturated heterocycles. The number of rotatable bonds is 6. The monoisotopic (exact) mass is 463 g/mol. The summed E-state index contributed by atoms with van der Waals surface area (Å²) in [6, 6.07) is -0.289. The van der Waals surface area contributed by atoms with Gasteiger partial charge < -0.3 is 24.0 Å². The Labute approximate surface area is 191 Å². The molecule has 1 amide bonds. The first-order chi connectivity index (χ1) is 15.0. The van der Waals surface area contributed by atoms with Crippen LogP contribution < -0.4 is 0 Å². The number of carbonyl (C=O) groups is 3. The lowest BCUT2D eigenvalue weighted by Crippen LogP contribution is -2.63. The van der Waals surface area contributed by atoms with Crippen LogP contribution in [0.3, 0.4) is 0 Å². The van der Waals surface area contributed by atoms with Gasteiger partial charge in [-0.25, -0.2) is 9.78 Å². The molecule has 32 heavy (non-hydrogen) atoms. The van der Waals surface area contributed by atoms with E-state index in [0.717, 1.165) is 23.7 Å². The largest absolute Gasteiger partial charge is 0.427 e. The number of aromatic nitrogens is 2. The normalized spacial score (nSPS) is 27.7. The molecule has 0 aliphatic carbocycles. The van der Waals surface area contributed by atoms with E-state index in [4.69, 9.17) is 9.47 Å². The summed E-state index contributed by atoms with van der Waals surface area (Å²) in [5.74, 6) is -1.15. The van der Waals surface area contributed by atoms with Crippen molar-refractivity contribution in [2.45, 2.75) is 65.0 Å². The number of aliphatic hydroxyl groups excluding tert-OH is 1. The van der Waals surface area contributed by atoms with Crippen molar-refractivity contribution >= 4 is 29.6 Å². The lowest BCUT2D eigenvalue weighted by molar-refractivity contribution is -0.175. The van der Waals surface area contributed by atoms with Crippen molar-refractivity contribution in [1.82, 2.24) is 14.5 Å². The number of carbonyl (C=O) groups excluding carboxylic acids is 3. The molecule has 1 N–H and O–H groups in total. The number of nitrogens with zero attached hydrogens (tertiary/aromatic N) is 3. The quantitative estimate of drug-likeness (QED) is 0.386.